The Hall–Kier alpha value is -1.96. The Morgan fingerprint density at radius 3 is 2.89 bits per heavy atom. The van der Waals surface area contributed by atoms with Gasteiger partial charge in [-0.1, -0.05) is 6.92 Å². The first kappa shape index (κ1) is 13.5. The molecule has 1 fully saturated rings. The van der Waals surface area contributed by atoms with E-state index in [1.807, 2.05) is 0 Å². The summed E-state index contributed by atoms with van der Waals surface area (Å²) in [6, 6.07) is 0. The fourth-order valence-corrected chi connectivity index (χ4v) is 1.99. The summed E-state index contributed by atoms with van der Waals surface area (Å²) >= 11 is 0. The van der Waals surface area contributed by atoms with E-state index in [0.29, 0.717) is 19.8 Å². The Bertz CT molecular complexity index is 473. The lowest BCUT2D eigenvalue weighted by Gasteiger charge is -2.33. The molecule has 2 rings (SSSR count). The van der Waals surface area contributed by atoms with Crippen molar-refractivity contribution in [1.29, 1.82) is 0 Å². The van der Waals surface area contributed by atoms with Gasteiger partial charge >= 0.3 is 5.69 Å². The molecule has 0 atom stereocenters. The van der Waals surface area contributed by atoms with Crippen LogP contribution < -0.4 is 11.1 Å². The molecule has 0 amide bonds. The van der Waals surface area contributed by atoms with Crippen molar-refractivity contribution in [3.8, 4) is 0 Å². The largest absolute Gasteiger partial charge is 0.381 e. The molecule has 2 heterocycles. The lowest BCUT2D eigenvalue weighted by atomic mass is 9.82. The molecule has 1 aromatic rings. The van der Waals surface area contributed by atoms with Gasteiger partial charge in [0.1, 0.15) is 6.20 Å². The minimum absolute atomic E-state index is 0.0187. The topological polar surface area (TPSA) is 116 Å². The Kier molecular flexibility index (Phi) is 3.79. The van der Waals surface area contributed by atoms with E-state index in [0.717, 1.165) is 19.0 Å². The first-order valence-electron chi connectivity index (χ1n) is 6.09. The summed E-state index contributed by atoms with van der Waals surface area (Å²) in [5.41, 5.74) is 5.35. The number of nitrogens with one attached hydrogen (secondary N) is 1. The molecule has 1 aliphatic rings. The van der Waals surface area contributed by atoms with Crippen molar-refractivity contribution in [2.24, 2.45) is 5.41 Å². The standard InChI is InChI=1S/C11H17N5O3/c1-11(2-4-19-5-3-11)7-14-9-8(16(17)18)6-13-10(12)15-9/h6H,2-5,7H2,1H3,(H3,12,13,14,15). The third kappa shape index (κ3) is 3.28. The van der Waals surface area contributed by atoms with Crippen molar-refractivity contribution < 1.29 is 9.66 Å². The van der Waals surface area contributed by atoms with Gasteiger partial charge in [0.15, 0.2) is 0 Å². The van der Waals surface area contributed by atoms with E-state index in [1.165, 1.54) is 0 Å². The first-order valence-corrected chi connectivity index (χ1v) is 6.09. The highest BCUT2D eigenvalue weighted by molar-refractivity contribution is 5.56. The zero-order valence-corrected chi connectivity index (χ0v) is 10.8. The monoisotopic (exact) mass is 267 g/mol. The molecule has 0 saturated carbocycles. The molecule has 104 valence electrons. The molecule has 0 spiro atoms. The number of nitro groups is 1. The van der Waals surface area contributed by atoms with Crippen LogP contribution >= 0.6 is 0 Å². The van der Waals surface area contributed by atoms with E-state index in [9.17, 15) is 10.1 Å². The van der Waals surface area contributed by atoms with E-state index >= 15 is 0 Å². The minimum atomic E-state index is -0.520. The summed E-state index contributed by atoms with van der Waals surface area (Å²) in [6.45, 7) is 4.14. The third-order valence-corrected chi connectivity index (χ3v) is 3.37. The third-order valence-electron chi connectivity index (χ3n) is 3.37. The molecular weight excluding hydrogens is 250 g/mol. The average molecular weight is 267 g/mol. The highest BCUT2D eigenvalue weighted by atomic mass is 16.6. The van der Waals surface area contributed by atoms with E-state index in [2.05, 4.69) is 22.2 Å². The normalized spacial score (nSPS) is 17.9. The van der Waals surface area contributed by atoms with Crippen LogP contribution in [0.2, 0.25) is 0 Å². The number of aromatic nitrogens is 2. The molecule has 8 nitrogen and oxygen atoms in total. The second kappa shape index (κ2) is 5.35. The van der Waals surface area contributed by atoms with Crippen molar-refractivity contribution in [3.63, 3.8) is 0 Å². The van der Waals surface area contributed by atoms with Crippen molar-refractivity contribution in [2.45, 2.75) is 19.8 Å². The number of anilines is 2. The maximum Gasteiger partial charge on any atom is 0.329 e. The van der Waals surface area contributed by atoms with Crippen LogP contribution in [0.15, 0.2) is 6.20 Å². The fraction of sp³-hybridized carbons (Fsp3) is 0.636. The lowest BCUT2D eigenvalue weighted by Crippen LogP contribution is -2.33. The molecular formula is C11H17N5O3. The lowest BCUT2D eigenvalue weighted by molar-refractivity contribution is -0.384. The number of nitrogen functional groups attached to an aromatic ring is 1. The summed E-state index contributed by atoms with van der Waals surface area (Å²) in [5, 5.41) is 13.9. The Balaban J connectivity index is 2.10. The SMILES string of the molecule is CC1(CNc2nc(N)ncc2[N+](=O)[O-])CCOCC1. The second-order valence-corrected chi connectivity index (χ2v) is 5.00. The van der Waals surface area contributed by atoms with Gasteiger partial charge < -0.3 is 15.8 Å². The fourth-order valence-electron chi connectivity index (χ4n) is 1.99. The maximum atomic E-state index is 10.9. The summed E-state index contributed by atoms with van der Waals surface area (Å²) in [5.74, 6) is 0.190. The molecule has 0 unspecified atom stereocenters. The highest BCUT2D eigenvalue weighted by Gasteiger charge is 2.28. The molecule has 0 bridgehead atoms. The number of hydrogen-bond donors (Lipinski definition) is 2. The van der Waals surface area contributed by atoms with Crippen molar-refractivity contribution in [3.05, 3.63) is 16.3 Å². The van der Waals surface area contributed by atoms with Gasteiger partial charge in [-0.2, -0.15) is 4.98 Å². The van der Waals surface area contributed by atoms with Gasteiger partial charge in [-0.05, 0) is 18.3 Å². The van der Waals surface area contributed by atoms with Gasteiger partial charge in [-0.15, -0.1) is 0 Å². The Labute approximate surface area is 110 Å². The van der Waals surface area contributed by atoms with Gasteiger partial charge in [0.05, 0.1) is 4.92 Å². The van der Waals surface area contributed by atoms with Crippen LogP contribution in [0, 0.1) is 15.5 Å². The first-order chi connectivity index (χ1) is 9.00. The molecule has 19 heavy (non-hydrogen) atoms. The van der Waals surface area contributed by atoms with Crippen molar-refractivity contribution in [2.75, 3.05) is 30.8 Å². The molecule has 1 saturated heterocycles. The van der Waals surface area contributed by atoms with Gasteiger partial charge in [0, 0.05) is 19.8 Å². The molecule has 0 aliphatic carbocycles. The summed E-state index contributed by atoms with van der Waals surface area (Å²) < 4.78 is 5.32. The maximum absolute atomic E-state index is 10.9. The average Bonchev–Trinajstić information content (AvgIpc) is 2.37. The van der Waals surface area contributed by atoms with Gasteiger partial charge in [0.25, 0.3) is 0 Å². The predicted octanol–water partition coefficient (Wildman–Crippen LogP) is 1.20. The van der Waals surface area contributed by atoms with Crippen LogP contribution in [-0.4, -0.2) is 34.6 Å². The number of ether oxygens (including phenoxy) is 1. The molecule has 3 N–H and O–H groups in total. The number of nitrogens with zero attached hydrogens (tertiary/aromatic N) is 3. The molecule has 8 heteroatoms. The van der Waals surface area contributed by atoms with Gasteiger partial charge in [-0.25, -0.2) is 4.98 Å². The number of nitrogens with two attached hydrogens (primary N) is 1. The minimum Gasteiger partial charge on any atom is -0.381 e. The van der Waals surface area contributed by atoms with E-state index < -0.39 is 4.92 Å². The zero-order valence-electron chi connectivity index (χ0n) is 10.8. The van der Waals surface area contributed by atoms with Crippen LogP contribution in [0.25, 0.3) is 0 Å². The van der Waals surface area contributed by atoms with Crippen molar-refractivity contribution in [1.82, 2.24) is 9.97 Å². The van der Waals surface area contributed by atoms with Gasteiger partial charge in [-0.3, -0.25) is 10.1 Å². The highest BCUT2D eigenvalue weighted by Crippen LogP contribution is 2.31. The van der Waals surface area contributed by atoms with Crippen LogP contribution in [-0.2, 0) is 4.74 Å². The van der Waals surface area contributed by atoms with E-state index in [4.69, 9.17) is 10.5 Å². The number of hydrogen-bond acceptors (Lipinski definition) is 7. The predicted molar refractivity (Wildman–Crippen MR) is 69.7 cm³/mol. The van der Waals surface area contributed by atoms with E-state index in [1.54, 1.807) is 0 Å². The molecule has 1 aliphatic heterocycles. The summed E-state index contributed by atoms with van der Waals surface area (Å²) in [6.07, 6.45) is 2.94. The van der Waals surface area contributed by atoms with E-state index in [-0.39, 0.29) is 22.9 Å². The molecule has 1 aromatic heterocycles. The quantitative estimate of drug-likeness (QED) is 0.621. The van der Waals surface area contributed by atoms with Crippen LogP contribution in [0.1, 0.15) is 19.8 Å². The zero-order chi connectivity index (χ0) is 13.9. The van der Waals surface area contributed by atoms with Crippen molar-refractivity contribution >= 4 is 17.5 Å². The Morgan fingerprint density at radius 2 is 2.26 bits per heavy atom. The molecule has 0 aromatic carbocycles. The number of rotatable bonds is 4. The van der Waals surface area contributed by atoms with Crippen LogP contribution in [0.3, 0.4) is 0 Å². The summed E-state index contributed by atoms with van der Waals surface area (Å²) in [7, 11) is 0. The Morgan fingerprint density at radius 1 is 1.58 bits per heavy atom. The smallest absolute Gasteiger partial charge is 0.329 e. The summed E-state index contributed by atoms with van der Waals surface area (Å²) in [4.78, 5) is 17.9. The molecule has 0 radical (unpaired) electrons. The van der Waals surface area contributed by atoms with Crippen LogP contribution in [0.4, 0.5) is 17.5 Å². The van der Waals surface area contributed by atoms with Crippen LogP contribution in [0.5, 0.6) is 0 Å². The second-order valence-electron chi connectivity index (χ2n) is 5.00. The van der Waals surface area contributed by atoms with Gasteiger partial charge in [0.2, 0.25) is 11.8 Å².